The van der Waals surface area contributed by atoms with Gasteiger partial charge in [-0.3, -0.25) is 10.1 Å². The van der Waals surface area contributed by atoms with E-state index in [9.17, 15) is 19.6 Å². The van der Waals surface area contributed by atoms with Gasteiger partial charge >= 0.3 is 0 Å². The SMILES string of the molecule is COc1cc([N+](=O)[O-])cnc1N1CCC(O)(c2ccc(F)cc2)C1. The maximum Gasteiger partial charge on any atom is 0.291 e. The van der Waals surface area contributed by atoms with E-state index in [1.54, 1.807) is 17.0 Å². The van der Waals surface area contributed by atoms with E-state index in [2.05, 4.69) is 4.98 Å². The first-order valence-corrected chi connectivity index (χ1v) is 7.35. The van der Waals surface area contributed by atoms with Gasteiger partial charge in [-0.1, -0.05) is 12.1 Å². The maximum absolute atomic E-state index is 13.1. The first kappa shape index (κ1) is 16.1. The molecule has 1 aromatic heterocycles. The van der Waals surface area contributed by atoms with Gasteiger partial charge in [0.05, 0.1) is 24.6 Å². The van der Waals surface area contributed by atoms with Crippen molar-refractivity contribution in [3.8, 4) is 5.75 Å². The smallest absolute Gasteiger partial charge is 0.291 e. The lowest BCUT2D eigenvalue weighted by Crippen LogP contribution is -2.31. The number of aliphatic hydroxyl groups is 1. The summed E-state index contributed by atoms with van der Waals surface area (Å²) in [5.41, 5.74) is -0.682. The maximum atomic E-state index is 13.1. The topological polar surface area (TPSA) is 88.7 Å². The number of aromatic nitrogens is 1. The molecule has 1 N–H and O–H groups in total. The largest absolute Gasteiger partial charge is 0.493 e. The van der Waals surface area contributed by atoms with Gasteiger partial charge in [-0.05, 0) is 24.1 Å². The van der Waals surface area contributed by atoms with Crippen molar-refractivity contribution in [2.24, 2.45) is 0 Å². The number of nitro groups is 1. The van der Waals surface area contributed by atoms with Crippen LogP contribution in [0.5, 0.6) is 5.75 Å². The Hall–Kier alpha value is -2.74. The van der Waals surface area contributed by atoms with Gasteiger partial charge in [-0.15, -0.1) is 0 Å². The van der Waals surface area contributed by atoms with Crippen molar-refractivity contribution in [1.29, 1.82) is 0 Å². The van der Waals surface area contributed by atoms with Crippen LogP contribution in [-0.4, -0.2) is 35.2 Å². The highest BCUT2D eigenvalue weighted by atomic mass is 19.1. The number of hydrogen-bond donors (Lipinski definition) is 1. The number of rotatable bonds is 4. The zero-order valence-corrected chi connectivity index (χ0v) is 13.0. The first-order chi connectivity index (χ1) is 11.4. The van der Waals surface area contributed by atoms with E-state index in [1.807, 2.05) is 0 Å². The Labute approximate surface area is 137 Å². The standard InChI is InChI=1S/C16H16FN3O4/c1-24-14-8-13(20(22)23)9-18-15(14)19-7-6-16(21,10-19)11-2-4-12(17)5-3-11/h2-5,8-9,21H,6-7,10H2,1H3. The van der Waals surface area contributed by atoms with E-state index in [1.165, 1.54) is 25.3 Å². The molecule has 24 heavy (non-hydrogen) atoms. The van der Waals surface area contributed by atoms with Crippen LogP contribution in [0.25, 0.3) is 0 Å². The summed E-state index contributed by atoms with van der Waals surface area (Å²) in [7, 11) is 1.41. The third kappa shape index (κ3) is 2.88. The highest BCUT2D eigenvalue weighted by Gasteiger charge is 2.39. The lowest BCUT2D eigenvalue weighted by molar-refractivity contribution is -0.385. The van der Waals surface area contributed by atoms with Gasteiger partial charge in [-0.2, -0.15) is 0 Å². The molecular formula is C16H16FN3O4. The Bertz CT molecular complexity index is 768. The molecule has 0 spiro atoms. The molecular weight excluding hydrogens is 317 g/mol. The molecule has 126 valence electrons. The summed E-state index contributed by atoms with van der Waals surface area (Å²) >= 11 is 0. The lowest BCUT2D eigenvalue weighted by Gasteiger charge is -2.25. The van der Waals surface area contributed by atoms with Crippen molar-refractivity contribution in [2.75, 3.05) is 25.1 Å². The van der Waals surface area contributed by atoms with Gasteiger partial charge in [-0.25, -0.2) is 9.37 Å². The summed E-state index contributed by atoms with van der Waals surface area (Å²) in [4.78, 5) is 16.2. The van der Waals surface area contributed by atoms with Crippen LogP contribution in [0.3, 0.4) is 0 Å². The fraction of sp³-hybridized carbons (Fsp3) is 0.312. The Morgan fingerprint density at radius 3 is 2.75 bits per heavy atom. The van der Waals surface area contributed by atoms with Crippen LogP contribution < -0.4 is 9.64 Å². The van der Waals surface area contributed by atoms with Crippen molar-refractivity contribution in [1.82, 2.24) is 4.98 Å². The number of halogens is 1. The molecule has 0 aliphatic carbocycles. The van der Waals surface area contributed by atoms with Crippen LogP contribution in [-0.2, 0) is 5.60 Å². The molecule has 1 atom stereocenters. The van der Waals surface area contributed by atoms with Crippen molar-refractivity contribution in [3.05, 3.63) is 58.0 Å². The highest BCUT2D eigenvalue weighted by Crippen LogP contribution is 2.38. The molecule has 1 aromatic carbocycles. The van der Waals surface area contributed by atoms with Crippen LogP contribution in [0.4, 0.5) is 15.9 Å². The number of hydrogen-bond acceptors (Lipinski definition) is 6. The molecule has 0 bridgehead atoms. The highest BCUT2D eigenvalue weighted by molar-refractivity contribution is 5.57. The fourth-order valence-corrected chi connectivity index (χ4v) is 2.88. The van der Waals surface area contributed by atoms with Crippen molar-refractivity contribution in [3.63, 3.8) is 0 Å². The van der Waals surface area contributed by atoms with Crippen LogP contribution in [0.2, 0.25) is 0 Å². The van der Waals surface area contributed by atoms with Gasteiger partial charge < -0.3 is 14.7 Å². The van der Waals surface area contributed by atoms with Crippen LogP contribution in [0.1, 0.15) is 12.0 Å². The molecule has 1 saturated heterocycles. The average molecular weight is 333 g/mol. The van der Waals surface area contributed by atoms with Crippen molar-refractivity contribution < 1.29 is 19.2 Å². The van der Waals surface area contributed by atoms with Crippen LogP contribution in [0.15, 0.2) is 36.5 Å². The van der Waals surface area contributed by atoms with E-state index in [0.29, 0.717) is 24.3 Å². The minimum atomic E-state index is -1.14. The molecule has 8 heteroatoms. The lowest BCUT2D eigenvalue weighted by atomic mass is 9.93. The number of anilines is 1. The Morgan fingerprint density at radius 1 is 1.42 bits per heavy atom. The molecule has 0 radical (unpaired) electrons. The second-order valence-corrected chi connectivity index (χ2v) is 5.69. The summed E-state index contributed by atoms with van der Waals surface area (Å²) in [5.74, 6) is 0.338. The van der Waals surface area contributed by atoms with E-state index in [-0.39, 0.29) is 23.8 Å². The molecule has 2 aromatic rings. The predicted octanol–water partition coefficient (Wildman–Crippen LogP) is 2.24. The van der Waals surface area contributed by atoms with Gasteiger partial charge in [0.15, 0.2) is 11.6 Å². The Kier molecular flexibility index (Phi) is 4.06. The number of nitrogens with zero attached hydrogens (tertiary/aromatic N) is 3. The minimum absolute atomic E-state index is 0.163. The van der Waals surface area contributed by atoms with Gasteiger partial charge in [0.25, 0.3) is 5.69 Å². The normalized spacial score (nSPS) is 20.2. The number of methoxy groups -OCH3 is 1. The molecule has 1 aliphatic rings. The summed E-state index contributed by atoms with van der Waals surface area (Å²) in [6.07, 6.45) is 1.59. The first-order valence-electron chi connectivity index (χ1n) is 7.35. The van der Waals surface area contributed by atoms with Gasteiger partial charge in [0.2, 0.25) is 0 Å². The molecule has 0 amide bonds. The van der Waals surface area contributed by atoms with E-state index >= 15 is 0 Å². The number of ether oxygens (including phenoxy) is 1. The number of benzene rings is 1. The van der Waals surface area contributed by atoms with Crippen molar-refractivity contribution >= 4 is 11.5 Å². The van der Waals surface area contributed by atoms with Gasteiger partial charge in [0, 0.05) is 6.54 Å². The molecule has 1 aliphatic heterocycles. The zero-order valence-electron chi connectivity index (χ0n) is 13.0. The molecule has 3 rings (SSSR count). The number of pyridine rings is 1. The van der Waals surface area contributed by atoms with Gasteiger partial charge in [0.1, 0.15) is 17.6 Å². The molecule has 7 nitrogen and oxygen atoms in total. The summed E-state index contributed by atoms with van der Waals surface area (Å²) in [6, 6.07) is 7.03. The van der Waals surface area contributed by atoms with Crippen LogP contribution >= 0.6 is 0 Å². The second kappa shape index (κ2) is 6.04. The van der Waals surface area contributed by atoms with Crippen molar-refractivity contribution in [2.45, 2.75) is 12.0 Å². The average Bonchev–Trinajstić information content (AvgIpc) is 2.98. The molecule has 1 unspecified atom stereocenters. The van der Waals surface area contributed by atoms with E-state index in [4.69, 9.17) is 4.74 Å². The molecule has 0 saturated carbocycles. The van der Waals surface area contributed by atoms with E-state index in [0.717, 1.165) is 6.20 Å². The monoisotopic (exact) mass is 333 g/mol. The zero-order chi connectivity index (χ0) is 17.3. The summed E-state index contributed by atoms with van der Waals surface area (Å²) in [6.45, 7) is 0.731. The third-order valence-electron chi connectivity index (χ3n) is 4.18. The number of β-amino-alcohol motifs (C(OH)–C–C–N with tert-alkyl or cyclic N) is 1. The summed E-state index contributed by atoms with van der Waals surface area (Å²) < 4.78 is 18.3. The Morgan fingerprint density at radius 2 is 2.12 bits per heavy atom. The third-order valence-corrected chi connectivity index (χ3v) is 4.18. The molecule has 2 heterocycles. The predicted molar refractivity (Wildman–Crippen MR) is 84.6 cm³/mol. The van der Waals surface area contributed by atoms with Crippen LogP contribution in [0, 0.1) is 15.9 Å². The Balaban J connectivity index is 1.87. The fourth-order valence-electron chi connectivity index (χ4n) is 2.88. The van der Waals surface area contributed by atoms with E-state index < -0.39 is 10.5 Å². The molecule has 1 fully saturated rings. The second-order valence-electron chi connectivity index (χ2n) is 5.69. The summed E-state index contributed by atoms with van der Waals surface area (Å²) in [5, 5.41) is 21.7. The quantitative estimate of drug-likeness (QED) is 0.682. The minimum Gasteiger partial charge on any atom is -0.493 e.